The number of non-ortho nitro benzene ring substituents is 1. The Balaban J connectivity index is 3.13. The summed E-state index contributed by atoms with van der Waals surface area (Å²) in [7, 11) is 0. The van der Waals surface area contributed by atoms with Crippen LogP contribution >= 0.6 is 0 Å². The van der Waals surface area contributed by atoms with Gasteiger partial charge in [-0.2, -0.15) is 0 Å². The van der Waals surface area contributed by atoms with Gasteiger partial charge >= 0.3 is 0 Å². The van der Waals surface area contributed by atoms with Crippen LogP contribution in [0.5, 0.6) is 0 Å². The molecule has 110 valence electrons. The zero-order chi connectivity index (χ0) is 15.8. The van der Waals surface area contributed by atoms with Crippen molar-refractivity contribution in [2.75, 3.05) is 10.6 Å². The van der Waals surface area contributed by atoms with Crippen molar-refractivity contribution in [3.8, 4) is 0 Å². The molecule has 0 radical (unpaired) electrons. The molecule has 1 rings (SSSR count). The Hall–Kier alpha value is -2.96. The van der Waals surface area contributed by atoms with Gasteiger partial charge in [-0.3, -0.25) is 19.7 Å². The van der Waals surface area contributed by atoms with E-state index in [1.165, 1.54) is 36.4 Å². The van der Waals surface area contributed by atoms with E-state index >= 15 is 0 Å². The number of carbonyl (C=O) groups is 2. The van der Waals surface area contributed by atoms with E-state index in [1.807, 2.05) is 0 Å². The van der Waals surface area contributed by atoms with E-state index < -0.39 is 16.7 Å². The molecule has 0 saturated carbocycles. The van der Waals surface area contributed by atoms with Crippen LogP contribution < -0.4 is 10.6 Å². The molecule has 21 heavy (non-hydrogen) atoms. The summed E-state index contributed by atoms with van der Waals surface area (Å²) in [4.78, 5) is 33.3. The van der Waals surface area contributed by atoms with Crippen molar-refractivity contribution >= 4 is 28.9 Å². The predicted molar refractivity (Wildman–Crippen MR) is 80.0 cm³/mol. The van der Waals surface area contributed by atoms with Crippen LogP contribution in [-0.4, -0.2) is 16.7 Å². The highest BCUT2D eigenvalue weighted by atomic mass is 16.6. The maximum atomic E-state index is 11.6. The lowest BCUT2D eigenvalue weighted by atomic mass is 10.2. The first kappa shape index (κ1) is 16.1. The van der Waals surface area contributed by atoms with Crippen molar-refractivity contribution < 1.29 is 14.5 Å². The van der Waals surface area contributed by atoms with Crippen LogP contribution in [0.3, 0.4) is 0 Å². The maximum absolute atomic E-state index is 11.6. The molecular weight excluding hydrogens is 274 g/mol. The molecule has 0 unspecified atom stereocenters. The summed E-state index contributed by atoms with van der Waals surface area (Å²) in [6, 6.07) is 3.80. The Morgan fingerprint density at radius 3 is 2.05 bits per heavy atom. The largest absolute Gasteiger partial charge is 0.321 e. The van der Waals surface area contributed by atoms with Crippen LogP contribution in [0.15, 0.2) is 42.5 Å². The molecule has 7 nitrogen and oxygen atoms in total. The minimum Gasteiger partial charge on any atom is -0.321 e. The number of anilines is 2. The summed E-state index contributed by atoms with van der Waals surface area (Å²) in [5.74, 6) is -0.840. The second kappa shape index (κ2) is 7.59. The maximum Gasteiger partial charge on any atom is 0.271 e. The molecule has 0 atom stereocenters. The van der Waals surface area contributed by atoms with Crippen molar-refractivity contribution in [1.29, 1.82) is 0 Å². The average molecular weight is 289 g/mol. The summed E-state index contributed by atoms with van der Waals surface area (Å²) in [6.45, 7) is 3.35. The van der Waals surface area contributed by atoms with Gasteiger partial charge in [0, 0.05) is 12.1 Å². The van der Waals surface area contributed by atoms with Crippen LogP contribution in [0.25, 0.3) is 0 Å². The molecule has 0 aromatic heterocycles. The monoisotopic (exact) mass is 289 g/mol. The minimum absolute atomic E-state index is 0.158. The Bertz CT molecular complexity index is 621. The highest BCUT2D eigenvalue weighted by Gasteiger charge is 2.13. The summed E-state index contributed by atoms with van der Waals surface area (Å²) in [5.41, 5.74) is 0.251. The Kier molecular flexibility index (Phi) is 5.81. The quantitative estimate of drug-likeness (QED) is 0.494. The van der Waals surface area contributed by atoms with Crippen molar-refractivity contribution in [2.24, 2.45) is 0 Å². The summed E-state index contributed by atoms with van der Waals surface area (Å²) >= 11 is 0. The number of benzene rings is 1. The molecule has 0 aliphatic carbocycles. The molecule has 0 spiro atoms. The first-order valence-corrected chi connectivity index (χ1v) is 6.13. The fraction of sp³-hybridized carbons (Fsp3) is 0.143. The lowest BCUT2D eigenvalue weighted by Gasteiger charge is -2.10. The number of hydrogen-bond acceptors (Lipinski definition) is 4. The van der Waals surface area contributed by atoms with E-state index in [9.17, 15) is 19.7 Å². The van der Waals surface area contributed by atoms with Crippen LogP contribution in [0.1, 0.15) is 13.8 Å². The van der Waals surface area contributed by atoms with Gasteiger partial charge in [0.2, 0.25) is 11.8 Å². The molecule has 0 aliphatic rings. The van der Waals surface area contributed by atoms with Gasteiger partial charge in [0.25, 0.3) is 5.69 Å². The second-order valence-corrected chi connectivity index (χ2v) is 3.97. The second-order valence-electron chi connectivity index (χ2n) is 3.97. The Labute approximate surface area is 121 Å². The molecule has 0 heterocycles. The fourth-order valence-corrected chi connectivity index (χ4v) is 1.51. The molecule has 0 saturated heterocycles. The van der Waals surface area contributed by atoms with Crippen LogP contribution in [0.2, 0.25) is 0 Å². The van der Waals surface area contributed by atoms with E-state index in [0.29, 0.717) is 0 Å². The number of nitrogens with one attached hydrogen (secondary N) is 2. The van der Waals surface area contributed by atoms with Gasteiger partial charge in [-0.25, -0.2) is 0 Å². The van der Waals surface area contributed by atoms with Gasteiger partial charge in [0.1, 0.15) is 0 Å². The van der Waals surface area contributed by atoms with Gasteiger partial charge in [0.05, 0.1) is 16.3 Å². The van der Waals surface area contributed by atoms with Crippen LogP contribution in [-0.2, 0) is 9.59 Å². The van der Waals surface area contributed by atoms with Crippen LogP contribution in [0.4, 0.5) is 17.1 Å². The number of rotatable bonds is 5. The number of amides is 2. The Morgan fingerprint density at radius 1 is 1.05 bits per heavy atom. The number of nitrogens with zero attached hydrogens (tertiary/aromatic N) is 1. The molecule has 2 N–H and O–H groups in total. The van der Waals surface area contributed by atoms with Crippen molar-refractivity contribution in [1.82, 2.24) is 0 Å². The molecule has 0 aliphatic heterocycles. The smallest absolute Gasteiger partial charge is 0.271 e. The van der Waals surface area contributed by atoms with E-state index in [1.54, 1.807) is 19.9 Å². The molecule has 1 aromatic carbocycles. The lowest BCUT2D eigenvalue weighted by molar-refractivity contribution is -0.384. The van der Waals surface area contributed by atoms with Gasteiger partial charge in [-0.05, 0) is 32.1 Å². The van der Waals surface area contributed by atoms with Crippen LogP contribution in [0, 0.1) is 10.1 Å². The summed E-state index contributed by atoms with van der Waals surface area (Å²) < 4.78 is 0. The summed E-state index contributed by atoms with van der Waals surface area (Å²) in [6.07, 6.45) is 5.67. The molecule has 0 bridgehead atoms. The molecular formula is C14H15N3O4. The number of nitro groups is 1. The number of hydrogen-bond donors (Lipinski definition) is 2. The third-order valence-electron chi connectivity index (χ3n) is 2.37. The van der Waals surface area contributed by atoms with E-state index in [0.717, 1.165) is 0 Å². The minimum atomic E-state index is -0.580. The zero-order valence-electron chi connectivity index (χ0n) is 11.6. The standard InChI is InChI=1S/C14H15N3O4/c1-3-5-13(18)15-11-8-7-10(17(20)21)9-12(11)16-14(19)6-4-2/h3-9H,1-2H3,(H,15,18)(H,16,19)/b5-3+,6-4+. The highest BCUT2D eigenvalue weighted by molar-refractivity contribution is 6.06. The fourth-order valence-electron chi connectivity index (χ4n) is 1.51. The molecule has 0 fully saturated rings. The number of nitro benzene ring substituents is 1. The average Bonchev–Trinajstić information content (AvgIpc) is 2.41. The van der Waals surface area contributed by atoms with Gasteiger partial charge in [-0.1, -0.05) is 12.2 Å². The third kappa shape index (κ3) is 4.90. The van der Waals surface area contributed by atoms with Gasteiger partial charge in [-0.15, -0.1) is 0 Å². The van der Waals surface area contributed by atoms with Crippen molar-refractivity contribution in [3.63, 3.8) is 0 Å². The van der Waals surface area contributed by atoms with E-state index in [4.69, 9.17) is 0 Å². The summed E-state index contributed by atoms with van der Waals surface area (Å²) in [5, 5.41) is 15.8. The Morgan fingerprint density at radius 2 is 1.57 bits per heavy atom. The molecule has 7 heteroatoms. The predicted octanol–water partition coefficient (Wildman–Crippen LogP) is 2.62. The highest BCUT2D eigenvalue weighted by Crippen LogP contribution is 2.27. The van der Waals surface area contributed by atoms with E-state index in [2.05, 4.69) is 10.6 Å². The normalized spacial score (nSPS) is 10.8. The van der Waals surface area contributed by atoms with Crippen molar-refractivity contribution in [3.05, 3.63) is 52.6 Å². The van der Waals surface area contributed by atoms with Crippen molar-refractivity contribution in [2.45, 2.75) is 13.8 Å². The topological polar surface area (TPSA) is 101 Å². The first-order valence-electron chi connectivity index (χ1n) is 6.13. The first-order chi connectivity index (χ1) is 9.97. The lowest BCUT2D eigenvalue weighted by Crippen LogP contribution is -2.14. The third-order valence-corrected chi connectivity index (χ3v) is 2.37. The van der Waals surface area contributed by atoms with E-state index in [-0.39, 0.29) is 17.1 Å². The zero-order valence-corrected chi connectivity index (χ0v) is 11.6. The molecule has 1 aromatic rings. The SMILES string of the molecule is C/C=C/C(=O)Nc1ccc([N+](=O)[O-])cc1NC(=O)/C=C/C. The van der Waals surface area contributed by atoms with Gasteiger partial charge in [0.15, 0.2) is 0 Å². The number of carbonyl (C=O) groups excluding carboxylic acids is 2. The number of allylic oxidation sites excluding steroid dienone is 2. The molecule has 2 amide bonds. The van der Waals surface area contributed by atoms with Gasteiger partial charge < -0.3 is 10.6 Å².